The van der Waals surface area contributed by atoms with Gasteiger partial charge in [-0.2, -0.15) is 4.57 Å². The van der Waals surface area contributed by atoms with Crippen LogP contribution in [-0.2, 0) is 6.54 Å². The van der Waals surface area contributed by atoms with E-state index in [0.717, 1.165) is 13.1 Å². The molecule has 0 N–H and O–H groups in total. The first kappa shape index (κ1) is 24.5. The average Bonchev–Trinajstić information content (AvgIpc) is 3.24. The van der Waals surface area contributed by atoms with Crippen molar-refractivity contribution < 1.29 is 4.57 Å². The van der Waals surface area contributed by atoms with Gasteiger partial charge in [-0.3, -0.25) is 0 Å². The summed E-state index contributed by atoms with van der Waals surface area (Å²) >= 11 is 3.80. The molecule has 0 atom stereocenters. The Bertz CT molecular complexity index is 645. The summed E-state index contributed by atoms with van der Waals surface area (Å²) in [5.41, 5.74) is 2.82. The number of rotatable bonds is 15. The summed E-state index contributed by atoms with van der Waals surface area (Å²) in [7, 11) is 0. The minimum atomic E-state index is 1.16. The Balaban J connectivity index is 1.88. The molecule has 4 heteroatoms. The van der Waals surface area contributed by atoms with Crippen LogP contribution in [0.25, 0.3) is 6.08 Å². The zero-order valence-corrected chi connectivity index (χ0v) is 21.0. The van der Waals surface area contributed by atoms with Crippen molar-refractivity contribution in [3.63, 3.8) is 0 Å². The Morgan fingerprint density at radius 1 is 0.862 bits per heavy atom. The highest BCUT2D eigenvalue weighted by Gasteiger charge is 2.22. The number of aromatic nitrogens is 1. The van der Waals surface area contributed by atoms with Gasteiger partial charge in [-0.15, -0.1) is 0 Å². The van der Waals surface area contributed by atoms with Gasteiger partial charge in [0.1, 0.15) is 6.54 Å². The van der Waals surface area contributed by atoms with E-state index in [1.165, 1.54) is 98.5 Å². The van der Waals surface area contributed by atoms with Gasteiger partial charge in [-0.25, -0.2) is 0 Å². The van der Waals surface area contributed by atoms with Crippen LogP contribution in [0.5, 0.6) is 0 Å². The molecule has 0 saturated carbocycles. The van der Waals surface area contributed by atoms with E-state index in [-0.39, 0.29) is 0 Å². The molecule has 2 nitrogen and oxygen atoms in total. The van der Waals surface area contributed by atoms with Crippen LogP contribution in [0, 0.1) is 6.92 Å². The molecule has 29 heavy (non-hydrogen) atoms. The first-order valence-corrected chi connectivity index (χ1v) is 13.7. The summed E-state index contributed by atoms with van der Waals surface area (Å²) < 4.78 is 2.54. The first-order valence-electron chi connectivity index (χ1n) is 12.0. The quantitative estimate of drug-likeness (QED) is 0.202. The maximum Gasteiger partial charge on any atom is 0.264 e. The van der Waals surface area contributed by atoms with Crippen molar-refractivity contribution in [1.82, 2.24) is 4.90 Å². The third-order valence-corrected chi connectivity index (χ3v) is 7.88. The fourth-order valence-corrected chi connectivity index (χ4v) is 5.89. The van der Waals surface area contributed by atoms with E-state index in [1.54, 1.807) is 0 Å². The summed E-state index contributed by atoms with van der Waals surface area (Å²) in [5, 5.41) is 7.47. The molecule has 0 fully saturated rings. The van der Waals surface area contributed by atoms with Crippen molar-refractivity contribution in [2.75, 3.05) is 6.54 Å². The Labute approximate surface area is 188 Å². The van der Waals surface area contributed by atoms with Gasteiger partial charge in [0.2, 0.25) is 0 Å². The Hall–Kier alpha value is -0.740. The van der Waals surface area contributed by atoms with Gasteiger partial charge in [-0.1, -0.05) is 94.7 Å². The molecule has 1 aliphatic heterocycles. The maximum atomic E-state index is 2.54. The van der Waals surface area contributed by atoms with Gasteiger partial charge in [0.25, 0.3) is 5.01 Å². The predicted octanol–water partition coefficient (Wildman–Crippen LogP) is 8.27. The number of thioether (sulfide) groups is 1. The third kappa shape index (κ3) is 8.49. The second kappa shape index (κ2) is 14.3. The van der Waals surface area contributed by atoms with Gasteiger partial charge in [0.15, 0.2) is 5.69 Å². The zero-order valence-electron chi connectivity index (χ0n) is 19.3. The van der Waals surface area contributed by atoms with E-state index in [0.29, 0.717) is 0 Å². The van der Waals surface area contributed by atoms with E-state index in [4.69, 9.17) is 0 Å². The fraction of sp³-hybridized carbons (Fsp3) is 0.720. The molecule has 0 bridgehead atoms. The molecule has 0 aliphatic carbocycles. The van der Waals surface area contributed by atoms with E-state index >= 15 is 0 Å². The number of hydrogen-bond donors (Lipinski definition) is 0. The zero-order chi connectivity index (χ0) is 20.9. The van der Waals surface area contributed by atoms with Crippen LogP contribution in [0.1, 0.15) is 109 Å². The lowest BCUT2D eigenvalue weighted by atomic mass is 10.1. The van der Waals surface area contributed by atoms with Crippen LogP contribution >= 0.6 is 23.1 Å². The number of aryl methyl sites for hydroxylation is 1. The number of thiazole rings is 1. The lowest BCUT2D eigenvalue weighted by Crippen LogP contribution is -2.37. The number of allylic oxidation sites excluding steroid dienone is 1. The van der Waals surface area contributed by atoms with Gasteiger partial charge >= 0.3 is 0 Å². The van der Waals surface area contributed by atoms with Crippen LogP contribution in [0.15, 0.2) is 21.5 Å². The molecule has 1 aliphatic rings. The van der Waals surface area contributed by atoms with Crippen molar-refractivity contribution in [3.05, 3.63) is 32.2 Å². The van der Waals surface area contributed by atoms with Gasteiger partial charge in [-0.05, 0) is 25.2 Å². The van der Waals surface area contributed by atoms with Crippen LogP contribution in [-0.4, -0.2) is 11.4 Å². The summed E-state index contributed by atoms with van der Waals surface area (Å²) in [6, 6.07) is 0. The third-order valence-electron chi connectivity index (χ3n) is 5.80. The second-order valence-corrected chi connectivity index (χ2v) is 10.2. The summed E-state index contributed by atoms with van der Waals surface area (Å²) in [5.74, 6) is 0. The van der Waals surface area contributed by atoms with Crippen LogP contribution in [0.4, 0.5) is 0 Å². The molecule has 1 aromatic heterocycles. The first-order chi connectivity index (χ1) is 14.2. The molecule has 2 heterocycles. The molecule has 164 valence electrons. The van der Waals surface area contributed by atoms with E-state index in [1.807, 2.05) is 23.1 Å². The molecule has 0 amide bonds. The number of unbranched alkanes of at least 4 members (excludes halogenated alkanes) is 10. The van der Waals surface area contributed by atoms with Crippen LogP contribution in [0.3, 0.4) is 0 Å². The molecule has 0 unspecified atom stereocenters. The molecule has 0 aromatic carbocycles. The average molecular weight is 436 g/mol. The minimum Gasteiger partial charge on any atom is -0.339 e. The summed E-state index contributed by atoms with van der Waals surface area (Å²) in [4.78, 5) is 2.54. The molecule has 0 saturated heterocycles. The standard InChI is InChI=1S/C25H43N2S2/c1-5-7-9-11-13-15-17-26-22(3)20-28-24(26)19-25-27(23(4)21-29-25)18-16-14-12-10-8-6-2/h19-21H,5-18H2,1-4H3/q+1. The van der Waals surface area contributed by atoms with Crippen molar-refractivity contribution in [2.45, 2.75) is 111 Å². The minimum absolute atomic E-state index is 1.16. The normalized spacial score (nSPS) is 15.5. The van der Waals surface area contributed by atoms with E-state index in [9.17, 15) is 0 Å². The Morgan fingerprint density at radius 2 is 1.48 bits per heavy atom. The largest absolute Gasteiger partial charge is 0.339 e. The van der Waals surface area contributed by atoms with Crippen molar-refractivity contribution in [2.24, 2.45) is 0 Å². The topological polar surface area (TPSA) is 7.12 Å². The smallest absolute Gasteiger partial charge is 0.264 e. The van der Waals surface area contributed by atoms with E-state index < -0.39 is 0 Å². The summed E-state index contributed by atoms with van der Waals surface area (Å²) in [6.45, 7) is 11.4. The van der Waals surface area contributed by atoms with Crippen molar-refractivity contribution in [1.29, 1.82) is 0 Å². The SMILES string of the molecule is CCCCCCCCN1C(C)=CS/C1=C\c1scc(C)[n+]1CCCCCCCC. The van der Waals surface area contributed by atoms with Crippen molar-refractivity contribution in [3.8, 4) is 0 Å². The summed E-state index contributed by atoms with van der Waals surface area (Å²) in [6.07, 6.45) is 18.8. The predicted molar refractivity (Wildman–Crippen MR) is 132 cm³/mol. The highest BCUT2D eigenvalue weighted by atomic mass is 32.2. The second-order valence-electron chi connectivity index (χ2n) is 8.41. The Kier molecular flexibility index (Phi) is 12.1. The monoisotopic (exact) mass is 435 g/mol. The molecular weight excluding hydrogens is 392 g/mol. The lowest BCUT2D eigenvalue weighted by molar-refractivity contribution is -0.700. The molecule has 0 spiro atoms. The van der Waals surface area contributed by atoms with Crippen LogP contribution in [0.2, 0.25) is 0 Å². The molecule has 1 aromatic rings. The highest BCUT2D eigenvalue weighted by Crippen LogP contribution is 2.36. The van der Waals surface area contributed by atoms with E-state index in [2.05, 4.69) is 54.0 Å². The Morgan fingerprint density at radius 3 is 2.17 bits per heavy atom. The fourth-order valence-electron chi connectivity index (χ4n) is 3.90. The highest BCUT2D eigenvalue weighted by molar-refractivity contribution is 8.06. The van der Waals surface area contributed by atoms with Crippen LogP contribution < -0.4 is 4.57 Å². The molecule has 0 radical (unpaired) electrons. The van der Waals surface area contributed by atoms with Crippen molar-refractivity contribution >= 4 is 29.2 Å². The molecule has 2 rings (SSSR count). The molecular formula is C25H43N2S2+. The van der Waals surface area contributed by atoms with Gasteiger partial charge in [0.05, 0.1) is 16.5 Å². The number of hydrogen-bond acceptors (Lipinski definition) is 3. The number of nitrogens with zero attached hydrogens (tertiary/aromatic N) is 2. The lowest BCUT2D eigenvalue weighted by Gasteiger charge is -2.21. The van der Waals surface area contributed by atoms with Gasteiger partial charge < -0.3 is 4.90 Å². The van der Waals surface area contributed by atoms with Gasteiger partial charge in [0, 0.05) is 25.6 Å². The maximum absolute atomic E-state index is 2.54.